The lowest BCUT2D eigenvalue weighted by molar-refractivity contribution is -0.121. The number of furan rings is 1. The molecule has 0 aliphatic carbocycles. The lowest BCUT2D eigenvalue weighted by Crippen LogP contribution is -2.26. The third kappa shape index (κ3) is 3.22. The Morgan fingerprint density at radius 3 is 2.96 bits per heavy atom. The van der Waals surface area contributed by atoms with Crippen LogP contribution < -0.4 is 10.9 Å². The van der Waals surface area contributed by atoms with E-state index in [1.807, 2.05) is 0 Å². The molecule has 0 atom stereocenters. The predicted octanol–water partition coefficient (Wildman–Crippen LogP) is 1.69. The molecule has 0 bridgehead atoms. The Kier molecular flexibility index (Phi) is 4.45. The van der Waals surface area contributed by atoms with Gasteiger partial charge in [-0.05, 0) is 32.4 Å². The Morgan fingerprint density at radius 1 is 1.38 bits per heavy atom. The smallest absolute Gasteiger partial charge is 0.296 e. The standard InChI is InChI=1S/C16H18N4O4/c1-10-14-11(2)24-19-15(14)16(22)20(18-10)7-3-6-13(21)17-9-12-5-4-8-23-12/h4-5,8H,3,6-7,9H2,1-2H3,(H,17,21). The van der Waals surface area contributed by atoms with Crippen molar-refractivity contribution in [3.63, 3.8) is 0 Å². The lowest BCUT2D eigenvalue weighted by Gasteiger charge is -2.06. The molecule has 0 spiro atoms. The molecule has 0 fully saturated rings. The summed E-state index contributed by atoms with van der Waals surface area (Å²) in [6.07, 6.45) is 2.35. The van der Waals surface area contributed by atoms with Crippen LogP contribution in [0, 0.1) is 13.8 Å². The number of nitrogens with zero attached hydrogens (tertiary/aromatic N) is 3. The summed E-state index contributed by atoms with van der Waals surface area (Å²) in [7, 11) is 0. The molecule has 3 heterocycles. The Labute approximate surface area is 137 Å². The van der Waals surface area contributed by atoms with E-state index >= 15 is 0 Å². The molecule has 24 heavy (non-hydrogen) atoms. The third-order valence-corrected chi connectivity index (χ3v) is 3.75. The summed E-state index contributed by atoms with van der Waals surface area (Å²) in [6, 6.07) is 3.56. The van der Waals surface area contributed by atoms with Crippen molar-refractivity contribution in [2.24, 2.45) is 0 Å². The maximum atomic E-state index is 12.3. The van der Waals surface area contributed by atoms with Crippen molar-refractivity contribution < 1.29 is 13.7 Å². The van der Waals surface area contributed by atoms with E-state index in [1.54, 1.807) is 32.2 Å². The van der Waals surface area contributed by atoms with E-state index < -0.39 is 0 Å². The minimum Gasteiger partial charge on any atom is -0.467 e. The number of rotatable bonds is 6. The van der Waals surface area contributed by atoms with Crippen LogP contribution in [0.2, 0.25) is 0 Å². The van der Waals surface area contributed by atoms with Crippen LogP contribution in [-0.4, -0.2) is 20.8 Å². The van der Waals surface area contributed by atoms with Gasteiger partial charge in [0.05, 0.1) is 23.9 Å². The first-order valence-electron chi connectivity index (χ1n) is 7.69. The molecule has 1 amide bonds. The number of aryl methyl sites for hydroxylation is 3. The van der Waals surface area contributed by atoms with E-state index in [1.165, 1.54) is 4.68 Å². The maximum Gasteiger partial charge on any atom is 0.296 e. The van der Waals surface area contributed by atoms with Crippen molar-refractivity contribution in [3.05, 3.63) is 46.0 Å². The molecular formula is C16H18N4O4. The normalized spacial score (nSPS) is 11.1. The molecule has 1 N–H and O–H groups in total. The van der Waals surface area contributed by atoms with Crippen molar-refractivity contribution in [3.8, 4) is 0 Å². The number of fused-ring (bicyclic) bond motifs is 1. The molecule has 3 rings (SSSR count). The van der Waals surface area contributed by atoms with Crippen LogP contribution >= 0.6 is 0 Å². The Hall–Kier alpha value is -2.90. The molecular weight excluding hydrogens is 312 g/mol. The summed E-state index contributed by atoms with van der Waals surface area (Å²) in [5.41, 5.74) is 0.663. The van der Waals surface area contributed by atoms with Gasteiger partial charge >= 0.3 is 0 Å². The van der Waals surface area contributed by atoms with Crippen molar-refractivity contribution in [1.82, 2.24) is 20.3 Å². The van der Waals surface area contributed by atoms with Crippen LogP contribution in [-0.2, 0) is 17.9 Å². The average molecular weight is 330 g/mol. The second-order valence-corrected chi connectivity index (χ2v) is 5.54. The van der Waals surface area contributed by atoms with Gasteiger partial charge in [-0.1, -0.05) is 5.16 Å². The fourth-order valence-electron chi connectivity index (χ4n) is 2.57. The van der Waals surface area contributed by atoms with Gasteiger partial charge in [-0.2, -0.15) is 5.10 Å². The summed E-state index contributed by atoms with van der Waals surface area (Å²) >= 11 is 0. The van der Waals surface area contributed by atoms with Gasteiger partial charge in [0.15, 0.2) is 5.52 Å². The zero-order valence-electron chi connectivity index (χ0n) is 13.5. The second-order valence-electron chi connectivity index (χ2n) is 5.54. The fraction of sp³-hybridized carbons (Fsp3) is 0.375. The summed E-state index contributed by atoms with van der Waals surface area (Å²) in [6.45, 7) is 4.25. The van der Waals surface area contributed by atoms with Crippen molar-refractivity contribution >= 4 is 16.8 Å². The molecule has 0 saturated carbocycles. The van der Waals surface area contributed by atoms with E-state index in [2.05, 4.69) is 15.6 Å². The Morgan fingerprint density at radius 2 is 2.21 bits per heavy atom. The summed E-state index contributed by atoms with van der Waals surface area (Å²) < 4.78 is 11.5. The summed E-state index contributed by atoms with van der Waals surface area (Å²) in [5, 5.41) is 11.5. The summed E-state index contributed by atoms with van der Waals surface area (Å²) in [4.78, 5) is 24.1. The monoisotopic (exact) mass is 330 g/mol. The van der Waals surface area contributed by atoms with Crippen LogP contribution in [0.1, 0.15) is 30.1 Å². The minimum absolute atomic E-state index is 0.102. The van der Waals surface area contributed by atoms with Gasteiger partial charge in [-0.3, -0.25) is 9.59 Å². The van der Waals surface area contributed by atoms with Gasteiger partial charge in [0.25, 0.3) is 5.56 Å². The zero-order chi connectivity index (χ0) is 17.1. The zero-order valence-corrected chi connectivity index (χ0v) is 13.5. The molecule has 8 heteroatoms. The number of amides is 1. The average Bonchev–Trinajstić information content (AvgIpc) is 3.20. The first kappa shape index (κ1) is 16.0. The van der Waals surface area contributed by atoms with Crippen molar-refractivity contribution in [1.29, 1.82) is 0 Å². The first-order valence-corrected chi connectivity index (χ1v) is 7.69. The van der Waals surface area contributed by atoms with Crippen LogP contribution in [0.15, 0.2) is 32.1 Å². The third-order valence-electron chi connectivity index (χ3n) is 3.75. The highest BCUT2D eigenvalue weighted by molar-refractivity contribution is 5.81. The number of carbonyl (C=O) groups excluding carboxylic acids is 1. The molecule has 0 radical (unpaired) electrons. The number of aromatic nitrogens is 3. The highest BCUT2D eigenvalue weighted by Crippen LogP contribution is 2.16. The minimum atomic E-state index is -0.302. The molecule has 0 aliphatic rings. The van der Waals surface area contributed by atoms with Gasteiger partial charge in [0.1, 0.15) is 11.5 Å². The highest BCUT2D eigenvalue weighted by Gasteiger charge is 2.15. The number of hydrogen-bond acceptors (Lipinski definition) is 6. The second kappa shape index (κ2) is 6.69. The summed E-state index contributed by atoms with van der Waals surface area (Å²) in [5.74, 6) is 1.18. The van der Waals surface area contributed by atoms with Gasteiger partial charge < -0.3 is 14.3 Å². The predicted molar refractivity (Wildman–Crippen MR) is 85.3 cm³/mol. The molecule has 0 unspecified atom stereocenters. The van der Waals surface area contributed by atoms with E-state index in [9.17, 15) is 9.59 Å². The maximum absolute atomic E-state index is 12.3. The first-order chi connectivity index (χ1) is 11.6. The fourth-order valence-corrected chi connectivity index (χ4v) is 2.57. The van der Waals surface area contributed by atoms with E-state index in [0.717, 1.165) is 0 Å². The number of carbonyl (C=O) groups is 1. The molecule has 3 aromatic rings. The van der Waals surface area contributed by atoms with E-state index in [-0.39, 0.29) is 17.0 Å². The van der Waals surface area contributed by atoms with E-state index in [0.29, 0.717) is 48.5 Å². The Bertz CT molecular complexity index is 908. The van der Waals surface area contributed by atoms with Crippen molar-refractivity contribution in [2.45, 2.75) is 39.8 Å². The molecule has 0 saturated heterocycles. The molecule has 0 aliphatic heterocycles. The largest absolute Gasteiger partial charge is 0.467 e. The van der Waals surface area contributed by atoms with Crippen LogP contribution in [0.3, 0.4) is 0 Å². The molecule has 0 aromatic carbocycles. The van der Waals surface area contributed by atoms with E-state index in [4.69, 9.17) is 8.94 Å². The van der Waals surface area contributed by atoms with Crippen LogP contribution in [0.5, 0.6) is 0 Å². The Balaban J connectivity index is 1.59. The van der Waals surface area contributed by atoms with Crippen LogP contribution in [0.4, 0.5) is 0 Å². The lowest BCUT2D eigenvalue weighted by atomic mass is 10.2. The SMILES string of the molecule is Cc1nn(CCCC(=O)NCc2ccco2)c(=O)c2noc(C)c12. The van der Waals surface area contributed by atoms with Gasteiger partial charge in [-0.25, -0.2) is 4.68 Å². The van der Waals surface area contributed by atoms with Gasteiger partial charge in [0.2, 0.25) is 5.91 Å². The number of nitrogens with one attached hydrogen (secondary N) is 1. The molecule has 8 nitrogen and oxygen atoms in total. The van der Waals surface area contributed by atoms with Gasteiger partial charge in [-0.15, -0.1) is 0 Å². The molecule has 3 aromatic heterocycles. The van der Waals surface area contributed by atoms with Crippen molar-refractivity contribution in [2.75, 3.05) is 0 Å². The highest BCUT2D eigenvalue weighted by atomic mass is 16.5. The number of hydrogen-bond donors (Lipinski definition) is 1. The van der Waals surface area contributed by atoms with Crippen LogP contribution in [0.25, 0.3) is 10.9 Å². The molecule has 126 valence electrons. The quantitative estimate of drug-likeness (QED) is 0.738. The topological polar surface area (TPSA) is 103 Å². The van der Waals surface area contributed by atoms with Gasteiger partial charge in [0, 0.05) is 13.0 Å².